The average molecular weight is 416 g/mol. The molecule has 0 saturated carbocycles. The van der Waals surface area contributed by atoms with E-state index in [0.717, 1.165) is 12.1 Å². The van der Waals surface area contributed by atoms with Gasteiger partial charge in [0.15, 0.2) is 11.6 Å². The van der Waals surface area contributed by atoms with Gasteiger partial charge >= 0.3 is 0 Å². The Morgan fingerprint density at radius 1 is 1.13 bits per heavy atom. The highest BCUT2D eigenvalue weighted by atomic mass is 19.2. The maximum Gasteiger partial charge on any atom is 0.256 e. The van der Waals surface area contributed by atoms with Crippen LogP contribution < -0.4 is 5.56 Å². The zero-order valence-electron chi connectivity index (χ0n) is 16.4. The Morgan fingerprint density at radius 2 is 1.83 bits per heavy atom. The number of halogens is 3. The second kappa shape index (κ2) is 7.60. The first-order chi connectivity index (χ1) is 14.3. The van der Waals surface area contributed by atoms with E-state index in [2.05, 4.69) is 4.98 Å². The summed E-state index contributed by atoms with van der Waals surface area (Å²) in [5.74, 6) is -3.15. The summed E-state index contributed by atoms with van der Waals surface area (Å²) in [4.78, 5) is 29.3. The van der Waals surface area contributed by atoms with Gasteiger partial charge in [-0.3, -0.25) is 9.59 Å². The molecule has 1 aromatic heterocycles. The number of carbonyl (C=O) groups excluding carboxylic acids is 1. The fraction of sp³-hybridized carbons (Fsp3) is 0.273. The van der Waals surface area contributed by atoms with Crippen LogP contribution >= 0.6 is 0 Å². The second-order valence-corrected chi connectivity index (χ2v) is 7.26. The van der Waals surface area contributed by atoms with Crippen molar-refractivity contribution in [2.45, 2.75) is 26.0 Å². The highest BCUT2D eigenvalue weighted by molar-refractivity contribution is 5.95. The smallest absolute Gasteiger partial charge is 0.256 e. The molecular formula is C22H19F3N2O3. The standard InChI is InChI=1S/C22H19F3N2O3/c1-3-11-4-5-12(6-15(11)23)22(29)27(2)19-10-30-9-18-20(19)13-7-16(24)17(25)8-14(13)21(28)26-18/h4-8,19H,3,9-10H2,1-2H3,(H,26,28)/t19-/m1/s1. The molecule has 2 heterocycles. The molecule has 1 amide bonds. The lowest BCUT2D eigenvalue weighted by Gasteiger charge is -2.34. The zero-order chi connectivity index (χ0) is 21.6. The first-order valence-corrected chi connectivity index (χ1v) is 9.49. The number of aromatic amines is 1. The number of hydrogen-bond acceptors (Lipinski definition) is 3. The molecule has 1 aliphatic rings. The molecule has 156 valence electrons. The van der Waals surface area contributed by atoms with Gasteiger partial charge in [0.05, 0.1) is 24.6 Å². The quantitative estimate of drug-likeness (QED) is 0.706. The van der Waals surface area contributed by atoms with Crippen molar-refractivity contribution in [3.05, 3.63) is 80.5 Å². The van der Waals surface area contributed by atoms with Crippen molar-refractivity contribution < 1.29 is 22.7 Å². The van der Waals surface area contributed by atoms with E-state index in [1.807, 2.05) is 6.92 Å². The third-order valence-corrected chi connectivity index (χ3v) is 5.51. The average Bonchev–Trinajstić information content (AvgIpc) is 2.73. The Morgan fingerprint density at radius 3 is 2.50 bits per heavy atom. The Balaban J connectivity index is 1.81. The lowest BCUT2D eigenvalue weighted by atomic mass is 9.95. The fourth-order valence-corrected chi connectivity index (χ4v) is 3.86. The van der Waals surface area contributed by atoms with Gasteiger partial charge in [-0.25, -0.2) is 13.2 Å². The number of fused-ring (bicyclic) bond motifs is 3. The van der Waals surface area contributed by atoms with E-state index in [1.54, 1.807) is 12.1 Å². The number of rotatable bonds is 3. The molecule has 0 fully saturated rings. The molecule has 5 nitrogen and oxygen atoms in total. The van der Waals surface area contributed by atoms with E-state index in [9.17, 15) is 22.8 Å². The van der Waals surface area contributed by atoms with Gasteiger partial charge in [0.1, 0.15) is 5.82 Å². The Kier molecular flexibility index (Phi) is 5.11. The summed E-state index contributed by atoms with van der Waals surface area (Å²) in [6.45, 7) is 1.97. The van der Waals surface area contributed by atoms with E-state index < -0.39 is 35.0 Å². The monoisotopic (exact) mass is 416 g/mol. The van der Waals surface area contributed by atoms with Crippen molar-refractivity contribution in [1.82, 2.24) is 9.88 Å². The topological polar surface area (TPSA) is 62.4 Å². The number of likely N-dealkylation sites (N-methyl/N-ethyl adjacent to an activating group) is 1. The molecule has 1 atom stereocenters. The summed E-state index contributed by atoms with van der Waals surface area (Å²) in [7, 11) is 1.52. The summed E-state index contributed by atoms with van der Waals surface area (Å²) < 4.78 is 47.4. The highest BCUT2D eigenvalue weighted by Gasteiger charge is 2.31. The van der Waals surface area contributed by atoms with Crippen LogP contribution in [0.15, 0.2) is 35.1 Å². The van der Waals surface area contributed by atoms with Gasteiger partial charge in [-0.1, -0.05) is 13.0 Å². The Hall–Kier alpha value is -3.13. The number of hydrogen-bond donors (Lipinski definition) is 1. The van der Waals surface area contributed by atoms with Gasteiger partial charge in [0.2, 0.25) is 0 Å². The number of aromatic nitrogens is 1. The predicted molar refractivity (Wildman–Crippen MR) is 105 cm³/mol. The number of benzene rings is 2. The molecule has 2 aromatic carbocycles. The third-order valence-electron chi connectivity index (χ3n) is 5.51. The van der Waals surface area contributed by atoms with Crippen molar-refractivity contribution in [2.24, 2.45) is 0 Å². The largest absolute Gasteiger partial charge is 0.373 e. The third kappa shape index (κ3) is 3.27. The van der Waals surface area contributed by atoms with Gasteiger partial charge in [-0.2, -0.15) is 0 Å². The SMILES string of the molecule is CCc1ccc(C(=O)N(C)[C@@H]2COCc3[nH]c(=O)c4cc(F)c(F)cc4c32)cc1F. The number of pyridine rings is 1. The van der Waals surface area contributed by atoms with Crippen LogP contribution in [-0.4, -0.2) is 29.4 Å². The van der Waals surface area contributed by atoms with E-state index >= 15 is 0 Å². The molecule has 8 heteroatoms. The van der Waals surface area contributed by atoms with Crippen LogP contribution in [0.1, 0.15) is 40.1 Å². The number of nitrogens with one attached hydrogen (secondary N) is 1. The Labute approximate surface area is 170 Å². The van der Waals surface area contributed by atoms with Gasteiger partial charge < -0.3 is 14.6 Å². The minimum absolute atomic E-state index is 0.0151. The van der Waals surface area contributed by atoms with Gasteiger partial charge in [0.25, 0.3) is 11.5 Å². The molecule has 0 radical (unpaired) electrons. The summed E-state index contributed by atoms with van der Waals surface area (Å²) in [6, 6.07) is 5.42. The van der Waals surface area contributed by atoms with Crippen LogP contribution in [-0.2, 0) is 17.8 Å². The summed E-state index contributed by atoms with van der Waals surface area (Å²) in [5, 5.41) is 0.201. The van der Waals surface area contributed by atoms with Crippen LogP contribution in [0, 0.1) is 17.5 Å². The minimum atomic E-state index is -1.13. The summed E-state index contributed by atoms with van der Waals surface area (Å²) >= 11 is 0. The van der Waals surface area contributed by atoms with Gasteiger partial charge in [0, 0.05) is 23.9 Å². The van der Waals surface area contributed by atoms with Crippen LogP contribution in [0.25, 0.3) is 10.8 Å². The van der Waals surface area contributed by atoms with Crippen molar-refractivity contribution in [2.75, 3.05) is 13.7 Å². The zero-order valence-corrected chi connectivity index (χ0v) is 16.4. The molecular weight excluding hydrogens is 397 g/mol. The Bertz CT molecular complexity index is 1220. The number of ether oxygens (including phenoxy) is 1. The van der Waals surface area contributed by atoms with Crippen LogP contribution in [0.5, 0.6) is 0 Å². The molecule has 3 aromatic rings. The van der Waals surface area contributed by atoms with Crippen molar-refractivity contribution in [3.63, 3.8) is 0 Å². The molecule has 4 rings (SSSR count). The molecule has 1 N–H and O–H groups in total. The summed E-state index contributed by atoms with van der Waals surface area (Å²) in [5.41, 5.74) is 0.961. The minimum Gasteiger partial charge on any atom is -0.373 e. The number of nitrogens with zero attached hydrogens (tertiary/aromatic N) is 1. The van der Waals surface area contributed by atoms with Crippen molar-refractivity contribution in [3.8, 4) is 0 Å². The maximum absolute atomic E-state index is 14.2. The molecule has 0 bridgehead atoms. The van der Waals surface area contributed by atoms with E-state index in [0.29, 0.717) is 23.2 Å². The van der Waals surface area contributed by atoms with Crippen LogP contribution in [0.3, 0.4) is 0 Å². The van der Waals surface area contributed by atoms with E-state index in [4.69, 9.17) is 4.74 Å². The predicted octanol–water partition coefficient (Wildman–Crippen LogP) is 3.85. The number of amides is 1. The van der Waals surface area contributed by atoms with E-state index in [-0.39, 0.29) is 29.5 Å². The lowest BCUT2D eigenvalue weighted by molar-refractivity contribution is 0.0335. The van der Waals surface area contributed by atoms with Crippen LogP contribution in [0.4, 0.5) is 13.2 Å². The van der Waals surface area contributed by atoms with Crippen molar-refractivity contribution in [1.29, 1.82) is 0 Å². The number of aryl methyl sites for hydroxylation is 1. The molecule has 1 aliphatic heterocycles. The normalized spacial score (nSPS) is 15.8. The van der Waals surface area contributed by atoms with Gasteiger partial charge in [-0.15, -0.1) is 0 Å². The number of H-pyrrole nitrogens is 1. The second-order valence-electron chi connectivity index (χ2n) is 7.26. The molecule has 0 spiro atoms. The van der Waals surface area contributed by atoms with Crippen LogP contribution in [0.2, 0.25) is 0 Å². The van der Waals surface area contributed by atoms with E-state index in [1.165, 1.54) is 18.0 Å². The lowest BCUT2D eigenvalue weighted by Crippen LogP contribution is -2.37. The number of carbonyl (C=O) groups is 1. The molecule has 30 heavy (non-hydrogen) atoms. The first-order valence-electron chi connectivity index (χ1n) is 9.49. The fourth-order valence-electron chi connectivity index (χ4n) is 3.86. The summed E-state index contributed by atoms with van der Waals surface area (Å²) in [6.07, 6.45) is 0.501. The highest BCUT2D eigenvalue weighted by Crippen LogP contribution is 2.34. The molecule has 0 aliphatic carbocycles. The molecule has 0 unspecified atom stereocenters. The molecule has 0 saturated heterocycles. The maximum atomic E-state index is 14.2. The first kappa shape index (κ1) is 20.2. The van der Waals surface area contributed by atoms with Crippen molar-refractivity contribution >= 4 is 16.7 Å². The van der Waals surface area contributed by atoms with Gasteiger partial charge in [-0.05, 0) is 41.6 Å².